The molecule has 0 aliphatic carbocycles. The number of nitro groups is 1. The highest BCUT2D eigenvalue weighted by atomic mass is 32.2. The molecule has 0 heterocycles. The lowest BCUT2D eigenvalue weighted by molar-refractivity contribution is -0.385. The number of non-ortho nitro benzene ring substituents is 1. The highest BCUT2D eigenvalue weighted by molar-refractivity contribution is 7.89. The monoisotopic (exact) mass is 316 g/mol. The van der Waals surface area contributed by atoms with Gasteiger partial charge in [-0.3, -0.25) is 16.0 Å². The molecule has 0 radical (unpaired) electrons. The van der Waals surface area contributed by atoms with Crippen LogP contribution in [0, 0.1) is 10.1 Å². The van der Waals surface area contributed by atoms with Crippen LogP contribution >= 0.6 is 0 Å². The van der Waals surface area contributed by atoms with Crippen molar-refractivity contribution in [3.63, 3.8) is 0 Å². The summed E-state index contributed by atoms with van der Waals surface area (Å²) in [5.41, 5.74) is 2.10. The Labute approximate surface area is 124 Å². The van der Waals surface area contributed by atoms with Gasteiger partial charge in [0.2, 0.25) is 10.0 Å². The van der Waals surface area contributed by atoms with Crippen molar-refractivity contribution in [2.24, 2.45) is 5.84 Å². The van der Waals surface area contributed by atoms with Gasteiger partial charge in [-0.15, -0.1) is 0 Å². The van der Waals surface area contributed by atoms with E-state index in [9.17, 15) is 18.5 Å². The summed E-state index contributed by atoms with van der Waals surface area (Å²) in [5.74, 6) is 5.32. The molecular weight excluding hydrogens is 296 g/mol. The van der Waals surface area contributed by atoms with E-state index in [0.717, 1.165) is 6.07 Å². The molecule has 1 rings (SSSR count). The first-order chi connectivity index (χ1) is 9.75. The molecule has 9 heteroatoms. The highest BCUT2D eigenvalue weighted by Gasteiger charge is 2.30. The molecule has 1 aromatic rings. The Balaban J connectivity index is 3.47. The quantitative estimate of drug-likeness (QED) is 0.449. The summed E-state index contributed by atoms with van der Waals surface area (Å²) in [7, 11) is -3.87. The van der Waals surface area contributed by atoms with Crippen LogP contribution in [-0.2, 0) is 10.0 Å². The SMILES string of the molecule is CCCN(C(C)C)S(=O)(=O)c1cc([N+](=O)[O-])ccc1NN. The van der Waals surface area contributed by atoms with Gasteiger partial charge in [0, 0.05) is 24.7 Å². The molecule has 0 bridgehead atoms. The summed E-state index contributed by atoms with van der Waals surface area (Å²) in [4.78, 5) is 10.0. The van der Waals surface area contributed by atoms with E-state index in [1.165, 1.54) is 16.4 Å². The average Bonchev–Trinajstić information content (AvgIpc) is 2.43. The van der Waals surface area contributed by atoms with Gasteiger partial charge in [0.1, 0.15) is 4.90 Å². The third-order valence-electron chi connectivity index (χ3n) is 2.94. The molecule has 0 spiro atoms. The number of nitrogens with one attached hydrogen (secondary N) is 1. The maximum atomic E-state index is 12.7. The van der Waals surface area contributed by atoms with Gasteiger partial charge in [-0.05, 0) is 26.3 Å². The standard InChI is InChI=1S/C12H20N4O4S/c1-4-7-15(9(2)3)21(19,20)12-8-10(16(17)18)5-6-11(12)14-13/h5-6,8-9,14H,4,7,13H2,1-3H3. The van der Waals surface area contributed by atoms with E-state index in [2.05, 4.69) is 5.43 Å². The normalized spacial score (nSPS) is 11.9. The number of nitro benzene ring substituents is 1. The Morgan fingerprint density at radius 2 is 2.05 bits per heavy atom. The average molecular weight is 316 g/mol. The number of nitrogens with two attached hydrogens (primary N) is 1. The highest BCUT2D eigenvalue weighted by Crippen LogP contribution is 2.29. The second-order valence-corrected chi connectivity index (χ2v) is 6.65. The van der Waals surface area contributed by atoms with E-state index in [0.29, 0.717) is 13.0 Å². The fourth-order valence-corrected chi connectivity index (χ4v) is 3.87. The zero-order valence-corrected chi connectivity index (χ0v) is 13.1. The molecule has 8 nitrogen and oxygen atoms in total. The molecule has 0 fully saturated rings. The summed E-state index contributed by atoms with van der Waals surface area (Å²) in [6, 6.07) is 3.25. The molecule has 21 heavy (non-hydrogen) atoms. The molecule has 0 atom stereocenters. The van der Waals surface area contributed by atoms with E-state index >= 15 is 0 Å². The number of nitrogen functional groups attached to an aromatic ring is 1. The lowest BCUT2D eigenvalue weighted by Gasteiger charge is -2.26. The number of hydrogen-bond acceptors (Lipinski definition) is 6. The number of sulfonamides is 1. The van der Waals surface area contributed by atoms with Crippen molar-refractivity contribution in [3.05, 3.63) is 28.3 Å². The molecule has 0 aromatic heterocycles. The molecule has 0 amide bonds. The van der Waals surface area contributed by atoms with Gasteiger partial charge < -0.3 is 5.43 Å². The molecule has 0 saturated carbocycles. The Morgan fingerprint density at radius 1 is 1.43 bits per heavy atom. The van der Waals surface area contributed by atoms with Crippen LogP contribution in [0.1, 0.15) is 27.2 Å². The molecule has 0 aliphatic heterocycles. The summed E-state index contributed by atoms with van der Waals surface area (Å²) in [6.07, 6.45) is 0.637. The zero-order chi connectivity index (χ0) is 16.2. The maximum Gasteiger partial charge on any atom is 0.270 e. The minimum atomic E-state index is -3.87. The Morgan fingerprint density at radius 3 is 2.48 bits per heavy atom. The fraction of sp³-hybridized carbons (Fsp3) is 0.500. The lowest BCUT2D eigenvalue weighted by atomic mass is 10.3. The minimum Gasteiger partial charge on any atom is -0.323 e. The van der Waals surface area contributed by atoms with Crippen molar-refractivity contribution in [2.45, 2.75) is 38.1 Å². The van der Waals surface area contributed by atoms with Gasteiger partial charge in [-0.25, -0.2) is 8.42 Å². The smallest absolute Gasteiger partial charge is 0.270 e. The van der Waals surface area contributed by atoms with Crippen LogP contribution in [0.25, 0.3) is 0 Å². The van der Waals surface area contributed by atoms with E-state index in [4.69, 9.17) is 5.84 Å². The summed E-state index contributed by atoms with van der Waals surface area (Å²) < 4.78 is 26.8. The van der Waals surface area contributed by atoms with Crippen molar-refractivity contribution in [2.75, 3.05) is 12.0 Å². The van der Waals surface area contributed by atoms with Gasteiger partial charge >= 0.3 is 0 Å². The van der Waals surface area contributed by atoms with E-state index in [1.54, 1.807) is 13.8 Å². The summed E-state index contributed by atoms with van der Waals surface area (Å²) in [5, 5.41) is 10.9. The second kappa shape index (κ2) is 6.83. The Kier molecular flexibility index (Phi) is 5.64. The number of hydrazine groups is 1. The zero-order valence-electron chi connectivity index (χ0n) is 12.2. The van der Waals surface area contributed by atoms with Crippen LogP contribution in [0.4, 0.5) is 11.4 Å². The number of benzene rings is 1. The van der Waals surface area contributed by atoms with Crippen LogP contribution in [0.5, 0.6) is 0 Å². The van der Waals surface area contributed by atoms with Crippen LogP contribution in [0.2, 0.25) is 0 Å². The minimum absolute atomic E-state index is 0.127. The van der Waals surface area contributed by atoms with Gasteiger partial charge in [-0.1, -0.05) is 6.92 Å². The molecule has 0 aliphatic rings. The number of rotatable bonds is 7. The van der Waals surface area contributed by atoms with E-state index in [-0.39, 0.29) is 22.3 Å². The van der Waals surface area contributed by atoms with E-state index in [1.807, 2.05) is 6.92 Å². The summed E-state index contributed by atoms with van der Waals surface area (Å²) >= 11 is 0. The largest absolute Gasteiger partial charge is 0.323 e. The molecular formula is C12H20N4O4S. The topological polar surface area (TPSA) is 119 Å². The Hall–Kier alpha value is -1.71. The van der Waals surface area contributed by atoms with Crippen LogP contribution in [0.15, 0.2) is 23.1 Å². The predicted molar refractivity (Wildman–Crippen MR) is 80.2 cm³/mol. The van der Waals surface area contributed by atoms with Gasteiger partial charge in [0.25, 0.3) is 5.69 Å². The first-order valence-corrected chi connectivity index (χ1v) is 7.96. The van der Waals surface area contributed by atoms with Gasteiger partial charge in [0.05, 0.1) is 10.6 Å². The van der Waals surface area contributed by atoms with Crippen molar-refractivity contribution < 1.29 is 13.3 Å². The molecule has 1 aromatic carbocycles. The van der Waals surface area contributed by atoms with Gasteiger partial charge in [0.15, 0.2) is 0 Å². The van der Waals surface area contributed by atoms with E-state index < -0.39 is 14.9 Å². The number of hydrogen-bond donors (Lipinski definition) is 2. The van der Waals surface area contributed by atoms with Crippen molar-refractivity contribution >= 4 is 21.4 Å². The summed E-state index contributed by atoms with van der Waals surface area (Å²) in [6.45, 7) is 5.69. The van der Waals surface area contributed by atoms with Crippen molar-refractivity contribution in [3.8, 4) is 0 Å². The molecule has 0 saturated heterocycles. The fourth-order valence-electron chi connectivity index (χ4n) is 1.96. The maximum absolute atomic E-state index is 12.7. The van der Waals surface area contributed by atoms with Crippen molar-refractivity contribution in [1.29, 1.82) is 0 Å². The number of nitrogens with zero attached hydrogens (tertiary/aromatic N) is 2. The third-order valence-corrected chi connectivity index (χ3v) is 5.05. The van der Waals surface area contributed by atoms with Gasteiger partial charge in [-0.2, -0.15) is 4.31 Å². The third kappa shape index (κ3) is 3.69. The Bertz CT molecular complexity index is 616. The lowest BCUT2D eigenvalue weighted by Crippen LogP contribution is -2.38. The predicted octanol–water partition coefficient (Wildman–Crippen LogP) is 1.69. The van der Waals surface area contributed by atoms with Crippen molar-refractivity contribution in [1.82, 2.24) is 4.31 Å². The van der Waals surface area contributed by atoms with Crippen LogP contribution in [-0.4, -0.2) is 30.2 Å². The molecule has 3 N–H and O–H groups in total. The first kappa shape index (κ1) is 17.3. The molecule has 0 unspecified atom stereocenters. The second-order valence-electron chi connectivity index (χ2n) is 4.79. The van der Waals surface area contributed by atoms with Crippen LogP contribution in [0.3, 0.4) is 0 Å². The van der Waals surface area contributed by atoms with Crippen LogP contribution < -0.4 is 11.3 Å². The molecule has 118 valence electrons. The number of anilines is 1. The first-order valence-electron chi connectivity index (χ1n) is 6.52.